The van der Waals surface area contributed by atoms with Crippen molar-refractivity contribution in [3.8, 4) is 0 Å². The van der Waals surface area contributed by atoms with Crippen LogP contribution in [0.4, 0.5) is 4.79 Å². The van der Waals surface area contributed by atoms with Crippen LogP contribution in [-0.2, 0) is 11.3 Å². The molecule has 1 saturated heterocycles. The molecule has 0 bridgehead atoms. The number of carbonyl (C=O) groups is 1. The molecule has 2 amide bonds. The van der Waals surface area contributed by atoms with Crippen molar-refractivity contribution in [3.05, 3.63) is 16.1 Å². The Kier molecular flexibility index (Phi) is 3.74. The highest BCUT2D eigenvalue weighted by atomic mass is 32.1. The van der Waals surface area contributed by atoms with Crippen LogP contribution in [-0.4, -0.2) is 30.3 Å². The summed E-state index contributed by atoms with van der Waals surface area (Å²) >= 11 is 1.56. The van der Waals surface area contributed by atoms with E-state index in [1.54, 1.807) is 16.8 Å². The maximum Gasteiger partial charge on any atom is 0.315 e. The molecule has 16 heavy (non-hydrogen) atoms. The van der Waals surface area contributed by atoms with Crippen LogP contribution in [0.15, 0.2) is 5.51 Å². The summed E-state index contributed by atoms with van der Waals surface area (Å²) in [6, 6.07) is 0.0193. The summed E-state index contributed by atoms with van der Waals surface area (Å²) in [6.45, 7) is 3.83. The number of aromatic nitrogens is 1. The number of urea groups is 1. The molecule has 2 rings (SSSR count). The number of amides is 2. The number of rotatable bonds is 3. The van der Waals surface area contributed by atoms with Crippen molar-refractivity contribution >= 4 is 17.4 Å². The van der Waals surface area contributed by atoms with Gasteiger partial charge >= 0.3 is 6.03 Å². The van der Waals surface area contributed by atoms with Crippen LogP contribution in [0.3, 0.4) is 0 Å². The molecule has 0 spiro atoms. The Labute approximate surface area is 98.2 Å². The van der Waals surface area contributed by atoms with Gasteiger partial charge in [0.15, 0.2) is 0 Å². The molecular formula is C10H15N3O2S. The SMILES string of the molecule is Cc1ncsc1CNC(=O)NC1CCOC1. The van der Waals surface area contributed by atoms with Gasteiger partial charge in [0, 0.05) is 11.5 Å². The van der Waals surface area contributed by atoms with Crippen molar-refractivity contribution in [1.82, 2.24) is 15.6 Å². The average molecular weight is 241 g/mol. The zero-order chi connectivity index (χ0) is 11.4. The van der Waals surface area contributed by atoms with E-state index in [9.17, 15) is 4.79 Å². The first-order chi connectivity index (χ1) is 7.75. The van der Waals surface area contributed by atoms with Gasteiger partial charge in [0.25, 0.3) is 0 Å². The molecule has 2 N–H and O–H groups in total. The predicted octanol–water partition coefficient (Wildman–Crippen LogP) is 1.04. The number of carbonyl (C=O) groups excluding carboxylic acids is 1. The third-order valence-corrected chi connectivity index (χ3v) is 3.45. The largest absolute Gasteiger partial charge is 0.379 e. The van der Waals surface area contributed by atoms with Gasteiger partial charge in [-0.3, -0.25) is 0 Å². The van der Waals surface area contributed by atoms with Gasteiger partial charge < -0.3 is 15.4 Å². The second-order valence-corrected chi connectivity index (χ2v) is 4.69. The summed E-state index contributed by atoms with van der Waals surface area (Å²) in [6.07, 6.45) is 0.896. The topological polar surface area (TPSA) is 63.2 Å². The molecule has 1 fully saturated rings. The summed E-state index contributed by atoms with van der Waals surface area (Å²) in [4.78, 5) is 16.7. The Balaban J connectivity index is 1.73. The van der Waals surface area contributed by atoms with Crippen molar-refractivity contribution < 1.29 is 9.53 Å². The summed E-state index contributed by atoms with van der Waals surface area (Å²) in [7, 11) is 0. The van der Waals surface area contributed by atoms with E-state index in [1.807, 2.05) is 6.92 Å². The number of hydrogen-bond donors (Lipinski definition) is 2. The van der Waals surface area contributed by atoms with Crippen molar-refractivity contribution in [2.75, 3.05) is 13.2 Å². The molecule has 1 aliphatic rings. The lowest BCUT2D eigenvalue weighted by molar-refractivity contribution is 0.188. The van der Waals surface area contributed by atoms with Gasteiger partial charge in [-0.2, -0.15) is 0 Å². The molecule has 88 valence electrons. The highest BCUT2D eigenvalue weighted by molar-refractivity contribution is 7.09. The molecule has 0 radical (unpaired) electrons. The summed E-state index contributed by atoms with van der Waals surface area (Å²) in [5.74, 6) is 0. The standard InChI is InChI=1S/C10H15N3O2S/c1-7-9(16-6-12-7)4-11-10(14)13-8-2-3-15-5-8/h6,8H,2-5H2,1H3,(H2,11,13,14). The van der Waals surface area contributed by atoms with E-state index in [1.165, 1.54) is 0 Å². The van der Waals surface area contributed by atoms with E-state index in [4.69, 9.17) is 4.74 Å². The molecule has 1 aliphatic heterocycles. The van der Waals surface area contributed by atoms with Gasteiger partial charge in [-0.05, 0) is 13.3 Å². The molecule has 0 aromatic carbocycles. The third kappa shape index (κ3) is 2.93. The van der Waals surface area contributed by atoms with Crippen LogP contribution in [0.2, 0.25) is 0 Å². The second kappa shape index (κ2) is 5.27. The Morgan fingerprint density at radius 1 is 1.75 bits per heavy atom. The summed E-state index contributed by atoms with van der Waals surface area (Å²) < 4.78 is 5.18. The first-order valence-corrected chi connectivity index (χ1v) is 6.15. The van der Waals surface area contributed by atoms with E-state index in [2.05, 4.69) is 15.6 Å². The first kappa shape index (κ1) is 11.3. The zero-order valence-corrected chi connectivity index (χ0v) is 9.97. The quantitative estimate of drug-likeness (QED) is 0.831. The summed E-state index contributed by atoms with van der Waals surface area (Å²) in [5, 5.41) is 5.69. The lowest BCUT2D eigenvalue weighted by atomic mass is 10.3. The van der Waals surface area contributed by atoms with Crippen molar-refractivity contribution in [2.45, 2.75) is 25.9 Å². The van der Waals surface area contributed by atoms with Gasteiger partial charge in [-0.15, -0.1) is 11.3 Å². The monoisotopic (exact) mass is 241 g/mol. The minimum absolute atomic E-state index is 0.136. The Hall–Kier alpha value is -1.14. The van der Waals surface area contributed by atoms with E-state index >= 15 is 0 Å². The lowest BCUT2D eigenvalue weighted by Crippen LogP contribution is -2.41. The molecule has 5 nitrogen and oxygen atoms in total. The lowest BCUT2D eigenvalue weighted by Gasteiger charge is -2.11. The molecule has 1 unspecified atom stereocenters. The van der Waals surface area contributed by atoms with E-state index in [-0.39, 0.29) is 12.1 Å². The van der Waals surface area contributed by atoms with Crippen LogP contribution >= 0.6 is 11.3 Å². The van der Waals surface area contributed by atoms with Gasteiger partial charge in [-0.25, -0.2) is 9.78 Å². The maximum absolute atomic E-state index is 11.5. The number of thiazole rings is 1. The number of hydrogen-bond acceptors (Lipinski definition) is 4. The number of aryl methyl sites for hydroxylation is 1. The Morgan fingerprint density at radius 2 is 2.62 bits per heavy atom. The van der Waals surface area contributed by atoms with Crippen LogP contribution < -0.4 is 10.6 Å². The minimum atomic E-state index is -0.136. The average Bonchev–Trinajstić information content (AvgIpc) is 2.87. The molecule has 1 atom stereocenters. The molecule has 0 saturated carbocycles. The molecule has 6 heteroatoms. The Morgan fingerprint density at radius 3 is 3.25 bits per heavy atom. The molecular weight excluding hydrogens is 226 g/mol. The van der Waals surface area contributed by atoms with Crippen LogP contribution in [0.25, 0.3) is 0 Å². The first-order valence-electron chi connectivity index (χ1n) is 5.27. The highest BCUT2D eigenvalue weighted by Crippen LogP contribution is 2.11. The van der Waals surface area contributed by atoms with Gasteiger partial charge in [0.05, 0.1) is 30.4 Å². The molecule has 0 aliphatic carbocycles. The van der Waals surface area contributed by atoms with Crippen molar-refractivity contribution in [3.63, 3.8) is 0 Å². The smallest absolute Gasteiger partial charge is 0.315 e. The number of ether oxygens (including phenoxy) is 1. The van der Waals surface area contributed by atoms with E-state index < -0.39 is 0 Å². The van der Waals surface area contributed by atoms with Crippen molar-refractivity contribution in [2.24, 2.45) is 0 Å². The highest BCUT2D eigenvalue weighted by Gasteiger charge is 2.17. The number of nitrogens with one attached hydrogen (secondary N) is 2. The number of nitrogens with zero attached hydrogens (tertiary/aromatic N) is 1. The normalized spacial score (nSPS) is 19.7. The van der Waals surface area contributed by atoms with Crippen LogP contribution in [0.1, 0.15) is 17.0 Å². The fourth-order valence-corrected chi connectivity index (χ4v) is 2.26. The predicted molar refractivity (Wildman–Crippen MR) is 61.4 cm³/mol. The maximum atomic E-state index is 11.5. The van der Waals surface area contributed by atoms with E-state index in [0.29, 0.717) is 13.2 Å². The van der Waals surface area contributed by atoms with Crippen LogP contribution in [0.5, 0.6) is 0 Å². The van der Waals surface area contributed by atoms with Gasteiger partial charge in [0.1, 0.15) is 0 Å². The van der Waals surface area contributed by atoms with Gasteiger partial charge in [-0.1, -0.05) is 0 Å². The fraction of sp³-hybridized carbons (Fsp3) is 0.600. The zero-order valence-electron chi connectivity index (χ0n) is 9.16. The molecule has 2 heterocycles. The van der Waals surface area contributed by atoms with Gasteiger partial charge in [0.2, 0.25) is 0 Å². The molecule has 1 aromatic rings. The van der Waals surface area contributed by atoms with E-state index in [0.717, 1.165) is 23.6 Å². The minimum Gasteiger partial charge on any atom is -0.379 e. The fourth-order valence-electron chi connectivity index (χ4n) is 1.54. The third-order valence-electron chi connectivity index (χ3n) is 2.52. The second-order valence-electron chi connectivity index (χ2n) is 3.75. The molecule has 1 aromatic heterocycles. The summed E-state index contributed by atoms with van der Waals surface area (Å²) in [5.41, 5.74) is 2.77. The Bertz CT molecular complexity index is 361. The van der Waals surface area contributed by atoms with Crippen molar-refractivity contribution in [1.29, 1.82) is 0 Å². The van der Waals surface area contributed by atoms with Crippen LogP contribution in [0, 0.1) is 6.92 Å².